The molecule has 0 radical (unpaired) electrons. The first-order valence-corrected chi connectivity index (χ1v) is 5.57. The van der Waals surface area contributed by atoms with E-state index in [9.17, 15) is 0 Å². The lowest BCUT2D eigenvalue weighted by atomic mass is 9.97. The highest BCUT2D eigenvalue weighted by molar-refractivity contribution is 5.91. The third kappa shape index (κ3) is 4.06. The average Bonchev–Trinajstić information content (AvgIpc) is 2.16. The third-order valence-corrected chi connectivity index (χ3v) is 2.80. The van der Waals surface area contributed by atoms with E-state index < -0.39 is 0 Å². The number of likely N-dealkylation sites (tertiary alicyclic amines) is 1. The number of hydrogen-bond donors (Lipinski definition) is 3. The molecule has 0 aliphatic carbocycles. The van der Waals surface area contributed by atoms with Crippen LogP contribution in [0.3, 0.4) is 0 Å². The number of rotatable bonds is 2. The van der Waals surface area contributed by atoms with E-state index in [2.05, 4.69) is 24.0 Å². The highest BCUT2D eigenvalue weighted by Crippen LogP contribution is 2.17. The van der Waals surface area contributed by atoms with Crippen LogP contribution < -0.4 is 11.5 Å². The van der Waals surface area contributed by atoms with Crippen LogP contribution in [0.25, 0.3) is 0 Å². The summed E-state index contributed by atoms with van der Waals surface area (Å²) < 4.78 is 0. The molecule has 0 aromatic rings. The Hall–Kier alpha value is -1.30. The van der Waals surface area contributed by atoms with Gasteiger partial charge in [0.05, 0.1) is 0 Å². The van der Waals surface area contributed by atoms with E-state index >= 15 is 0 Å². The molecule has 16 heavy (non-hydrogen) atoms. The zero-order valence-electron chi connectivity index (χ0n) is 10.1. The molecular formula is C10H22N6. The van der Waals surface area contributed by atoms with Crippen molar-refractivity contribution in [2.75, 3.05) is 33.7 Å². The van der Waals surface area contributed by atoms with E-state index in [1.165, 1.54) is 0 Å². The Bertz CT molecular complexity index is 264. The second-order valence-corrected chi connectivity index (χ2v) is 4.55. The standard InChI is InChI=1S/C10H22N6/c1-15(2)7-8-3-5-16(6-4-8)10(13)14-9(11)12/h8H,3-7H2,1-2H3,(H5,11,12,13,14). The van der Waals surface area contributed by atoms with Gasteiger partial charge in [-0.15, -0.1) is 0 Å². The molecule has 0 aromatic heterocycles. The molecule has 6 heteroatoms. The largest absolute Gasteiger partial charge is 0.369 e. The van der Waals surface area contributed by atoms with Crippen LogP contribution in [0, 0.1) is 11.3 Å². The van der Waals surface area contributed by atoms with Gasteiger partial charge in [0.25, 0.3) is 0 Å². The summed E-state index contributed by atoms with van der Waals surface area (Å²) in [5.41, 5.74) is 10.9. The zero-order chi connectivity index (χ0) is 12.1. The zero-order valence-corrected chi connectivity index (χ0v) is 10.1. The molecule has 0 saturated carbocycles. The van der Waals surface area contributed by atoms with Crippen molar-refractivity contribution in [1.29, 1.82) is 5.41 Å². The van der Waals surface area contributed by atoms with Crippen molar-refractivity contribution >= 4 is 11.9 Å². The fraction of sp³-hybridized carbons (Fsp3) is 0.800. The van der Waals surface area contributed by atoms with Crippen LogP contribution in [-0.4, -0.2) is 55.4 Å². The van der Waals surface area contributed by atoms with Gasteiger partial charge < -0.3 is 21.3 Å². The topological polar surface area (TPSA) is 94.7 Å². The Morgan fingerprint density at radius 1 is 1.38 bits per heavy atom. The molecule has 1 fully saturated rings. The van der Waals surface area contributed by atoms with Crippen LogP contribution in [0.15, 0.2) is 4.99 Å². The second-order valence-electron chi connectivity index (χ2n) is 4.55. The summed E-state index contributed by atoms with van der Waals surface area (Å²) in [6.45, 7) is 2.93. The van der Waals surface area contributed by atoms with Crippen LogP contribution in [0.5, 0.6) is 0 Å². The SMILES string of the molecule is CN(C)CC1CCN(/C(N)=N/C(=N)N)CC1. The molecule has 1 aliphatic heterocycles. The first-order valence-electron chi connectivity index (χ1n) is 5.57. The van der Waals surface area contributed by atoms with Crippen molar-refractivity contribution in [2.45, 2.75) is 12.8 Å². The van der Waals surface area contributed by atoms with E-state index in [-0.39, 0.29) is 5.96 Å². The predicted octanol–water partition coefficient (Wildman–Crippen LogP) is -0.532. The maximum atomic E-state index is 7.05. The molecule has 1 aliphatic rings. The molecule has 1 heterocycles. The summed E-state index contributed by atoms with van der Waals surface area (Å²) in [7, 11) is 4.19. The number of aliphatic imine (C=N–C) groups is 1. The minimum Gasteiger partial charge on any atom is -0.369 e. The minimum absolute atomic E-state index is 0.229. The molecule has 92 valence electrons. The summed E-state index contributed by atoms with van der Waals surface area (Å²) in [5, 5.41) is 7.05. The van der Waals surface area contributed by atoms with E-state index in [0.717, 1.165) is 38.4 Å². The average molecular weight is 226 g/mol. The van der Waals surface area contributed by atoms with Gasteiger partial charge in [0.1, 0.15) is 0 Å². The Labute approximate surface area is 96.8 Å². The Morgan fingerprint density at radius 3 is 2.38 bits per heavy atom. The number of guanidine groups is 2. The van der Waals surface area contributed by atoms with E-state index in [0.29, 0.717) is 5.96 Å². The highest BCUT2D eigenvalue weighted by atomic mass is 15.3. The van der Waals surface area contributed by atoms with Crippen molar-refractivity contribution in [3.05, 3.63) is 0 Å². The van der Waals surface area contributed by atoms with Crippen LogP contribution >= 0.6 is 0 Å². The highest BCUT2D eigenvalue weighted by Gasteiger charge is 2.20. The van der Waals surface area contributed by atoms with Gasteiger partial charge in [-0.05, 0) is 32.9 Å². The quantitative estimate of drug-likeness (QED) is 0.435. The van der Waals surface area contributed by atoms with Gasteiger partial charge in [-0.25, -0.2) is 0 Å². The maximum Gasteiger partial charge on any atom is 0.215 e. The van der Waals surface area contributed by atoms with Crippen LogP contribution in [0.2, 0.25) is 0 Å². The molecule has 5 N–H and O–H groups in total. The molecule has 0 aromatic carbocycles. The van der Waals surface area contributed by atoms with Crippen LogP contribution in [0.1, 0.15) is 12.8 Å². The van der Waals surface area contributed by atoms with Gasteiger partial charge in [0.2, 0.25) is 5.96 Å². The van der Waals surface area contributed by atoms with Gasteiger partial charge in [-0.2, -0.15) is 4.99 Å². The molecule has 1 saturated heterocycles. The molecule has 1 rings (SSSR count). The summed E-state index contributed by atoms with van der Waals surface area (Å²) >= 11 is 0. The number of nitrogens with one attached hydrogen (secondary N) is 1. The van der Waals surface area contributed by atoms with E-state index in [4.69, 9.17) is 16.9 Å². The molecule has 0 amide bonds. The molecule has 6 nitrogen and oxygen atoms in total. The van der Waals surface area contributed by atoms with Crippen LogP contribution in [-0.2, 0) is 0 Å². The van der Waals surface area contributed by atoms with Gasteiger partial charge in [-0.3, -0.25) is 5.41 Å². The van der Waals surface area contributed by atoms with Gasteiger partial charge in [0, 0.05) is 19.6 Å². The predicted molar refractivity (Wildman–Crippen MR) is 66.4 cm³/mol. The summed E-state index contributed by atoms with van der Waals surface area (Å²) in [4.78, 5) is 7.97. The fourth-order valence-electron chi connectivity index (χ4n) is 2.06. The third-order valence-electron chi connectivity index (χ3n) is 2.80. The first-order chi connectivity index (χ1) is 7.49. The molecule has 0 spiro atoms. The van der Waals surface area contributed by atoms with Crippen molar-refractivity contribution < 1.29 is 0 Å². The Kier molecular flexibility index (Phi) is 4.54. The smallest absolute Gasteiger partial charge is 0.215 e. The van der Waals surface area contributed by atoms with Gasteiger partial charge >= 0.3 is 0 Å². The Balaban J connectivity index is 2.40. The van der Waals surface area contributed by atoms with Crippen molar-refractivity contribution in [1.82, 2.24) is 9.80 Å². The number of nitrogens with two attached hydrogens (primary N) is 2. The molecule has 0 bridgehead atoms. The van der Waals surface area contributed by atoms with E-state index in [1.54, 1.807) is 0 Å². The van der Waals surface area contributed by atoms with Crippen LogP contribution in [0.4, 0.5) is 0 Å². The normalized spacial score (nSPS) is 19.2. The van der Waals surface area contributed by atoms with Crippen molar-refractivity contribution in [2.24, 2.45) is 22.4 Å². The first kappa shape index (κ1) is 12.8. The number of piperidine rings is 1. The lowest BCUT2D eigenvalue weighted by Gasteiger charge is -2.33. The summed E-state index contributed by atoms with van der Waals surface area (Å²) in [6, 6.07) is 0. The lowest BCUT2D eigenvalue weighted by Crippen LogP contribution is -2.44. The van der Waals surface area contributed by atoms with Gasteiger partial charge in [0.15, 0.2) is 5.96 Å². The number of nitrogens with zero attached hydrogens (tertiary/aromatic N) is 3. The van der Waals surface area contributed by atoms with Crippen molar-refractivity contribution in [3.63, 3.8) is 0 Å². The summed E-state index contributed by atoms with van der Waals surface area (Å²) in [5.74, 6) is 0.875. The number of hydrogen-bond acceptors (Lipinski definition) is 2. The molecular weight excluding hydrogens is 204 g/mol. The minimum atomic E-state index is -0.229. The monoisotopic (exact) mass is 226 g/mol. The lowest BCUT2D eigenvalue weighted by molar-refractivity contribution is 0.218. The second kappa shape index (κ2) is 5.69. The van der Waals surface area contributed by atoms with E-state index in [1.807, 2.05) is 4.90 Å². The molecule has 0 atom stereocenters. The Morgan fingerprint density at radius 2 is 1.94 bits per heavy atom. The fourth-order valence-corrected chi connectivity index (χ4v) is 2.06. The van der Waals surface area contributed by atoms with Gasteiger partial charge in [-0.1, -0.05) is 0 Å². The van der Waals surface area contributed by atoms with Crippen molar-refractivity contribution in [3.8, 4) is 0 Å². The molecule has 0 unspecified atom stereocenters. The summed E-state index contributed by atoms with van der Waals surface area (Å²) in [6.07, 6.45) is 2.23. The maximum absolute atomic E-state index is 7.05.